The molecule has 0 unspecified atom stereocenters. The molecule has 0 radical (unpaired) electrons. The molecule has 0 saturated carbocycles. The second-order valence-electron chi connectivity index (χ2n) is 7.68. The summed E-state index contributed by atoms with van der Waals surface area (Å²) in [6, 6.07) is 8.71. The average Bonchev–Trinajstić information content (AvgIpc) is 2.87. The van der Waals surface area contributed by atoms with Gasteiger partial charge in [-0.05, 0) is 24.3 Å². The van der Waals surface area contributed by atoms with E-state index in [9.17, 15) is 0 Å². The predicted molar refractivity (Wildman–Crippen MR) is 126 cm³/mol. The van der Waals surface area contributed by atoms with Crippen molar-refractivity contribution in [3.05, 3.63) is 24.3 Å². The fourth-order valence-corrected chi connectivity index (χ4v) is 3.43. The van der Waals surface area contributed by atoms with Crippen molar-refractivity contribution in [1.29, 1.82) is 0 Å². The van der Waals surface area contributed by atoms with Crippen molar-refractivity contribution in [2.24, 2.45) is 0 Å². The van der Waals surface area contributed by atoms with Crippen molar-refractivity contribution in [3.8, 4) is 0 Å². The lowest BCUT2D eigenvalue weighted by molar-refractivity contribution is 0.0508. The minimum absolute atomic E-state index is 0.646. The molecule has 2 saturated heterocycles. The van der Waals surface area contributed by atoms with Gasteiger partial charge in [0.05, 0.1) is 79.5 Å². The van der Waals surface area contributed by atoms with Crippen LogP contribution >= 0.6 is 0 Å². The zero-order valence-electron chi connectivity index (χ0n) is 19.2. The molecule has 182 valence electrons. The topological polar surface area (TPSA) is 91.5 Å². The summed E-state index contributed by atoms with van der Waals surface area (Å²) in [5.74, 6) is 0. The Hall–Kier alpha value is -1.50. The van der Waals surface area contributed by atoms with Gasteiger partial charge in [-0.1, -0.05) is 0 Å². The standard InChI is InChI=1S/C22H40N6O4/c1-2-22(28-19-25-7-11-31-15-16-32-12-8-26-20-28)4-3-21(1)27-17-23-5-9-29-13-14-30-10-6-24-18-27/h1-4,23-26H,5-20H2. The Bertz CT molecular complexity index is 515. The van der Waals surface area contributed by atoms with Crippen LogP contribution in [0.2, 0.25) is 0 Å². The summed E-state index contributed by atoms with van der Waals surface area (Å²) in [7, 11) is 0. The van der Waals surface area contributed by atoms with Gasteiger partial charge in [0, 0.05) is 37.6 Å². The van der Waals surface area contributed by atoms with Gasteiger partial charge in [-0.15, -0.1) is 0 Å². The number of hydrogen-bond donors (Lipinski definition) is 4. The maximum Gasteiger partial charge on any atom is 0.0701 e. The highest BCUT2D eigenvalue weighted by Crippen LogP contribution is 2.20. The van der Waals surface area contributed by atoms with Crippen LogP contribution in [0.3, 0.4) is 0 Å². The molecule has 0 bridgehead atoms. The van der Waals surface area contributed by atoms with Gasteiger partial charge in [0.15, 0.2) is 0 Å². The first-order chi connectivity index (χ1) is 15.9. The molecule has 0 aliphatic carbocycles. The van der Waals surface area contributed by atoms with Gasteiger partial charge in [-0.25, -0.2) is 0 Å². The minimum Gasteiger partial charge on any atom is -0.378 e. The quantitative estimate of drug-likeness (QED) is 0.474. The van der Waals surface area contributed by atoms with E-state index in [1.165, 1.54) is 11.4 Å². The van der Waals surface area contributed by atoms with Gasteiger partial charge in [-0.2, -0.15) is 0 Å². The number of nitrogens with one attached hydrogen (secondary N) is 4. The van der Waals surface area contributed by atoms with E-state index in [-0.39, 0.29) is 0 Å². The SMILES string of the molecule is c1cc(N2CNCCOCCOCCNC2)ccc1N1CNCCOCCOCCNC1. The molecule has 1 aromatic rings. The summed E-state index contributed by atoms with van der Waals surface area (Å²) >= 11 is 0. The van der Waals surface area contributed by atoms with Crippen LogP contribution in [0.4, 0.5) is 11.4 Å². The largest absolute Gasteiger partial charge is 0.378 e. The molecule has 0 spiro atoms. The molecule has 10 heteroatoms. The Morgan fingerprint density at radius 3 is 1.00 bits per heavy atom. The highest BCUT2D eigenvalue weighted by atomic mass is 16.5. The Morgan fingerprint density at radius 2 is 0.719 bits per heavy atom. The molecule has 4 N–H and O–H groups in total. The second-order valence-corrected chi connectivity index (χ2v) is 7.68. The summed E-state index contributed by atoms with van der Waals surface area (Å²) in [4.78, 5) is 4.57. The fraction of sp³-hybridized carbons (Fsp3) is 0.727. The normalized spacial score (nSPS) is 22.4. The van der Waals surface area contributed by atoms with E-state index >= 15 is 0 Å². The molecule has 0 aromatic heterocycles. The molecule has 10 nitrogen and oxygen atoms in total. The number of anilines is 2. The number of benzene rings is 1. The van der Waals surface area contributed by atoms with Crippen LogP contribution in [0.15, 0.2) is 24.3 Å². The first-order valence-electron chi connectivity index (χ1n) is 11.7. The van der Waals surface area contributed by atoms with Gasteiger partial charge in [0.2, 0.25) is 0 Å². The van der Waals surface area contributed by atoms with E-state index in [1.54, 1.807) is 0 Å². The average molecular weight is 453 g/mol. The molecule has 0 atom stereocenters. The van der Waals surface area contributed by atoms with E-state index in [0.717, 1.165) is 52.9 Å². The smallest absolute Gasteiger partial charge is 0.0701 e. The highest BCUT2D eigenvalue weighted by Gasteiger charge is 2.10. The van der Waals surface area contributed by atoms with Crippen LogP contribution in [0.5, 0.6) is 0 Å². The summed E-state index contributed by atoms with van der Waals surface area (Å²) in [6.07, 6.45) is 0. The molecule has 32 heavy (non-hydrogen) atoms. The van der Waals surface area contributed by atoms with Crippen LogP contribution in [0.1, 0.15) is 0 Å². The maximum absolute atomic E-state index is 5.57. The van der Waals surface area contributed by atoms with E-state index in [1.807, 2.05) is 0 Å². The van der Waals surface area contributed by atoms with Gasteiger partial charge in [0.25, 0.3) is 0 Å². The number of rotatable bonds is 2. The van der Waals surface area contributed by atoms with Gasteiger partial charge >= 0.3 is 0 Å². The highest BCUT2D eigenvalue weighted by molar-refractivity contribution is 5.56. The Labute approximate surface area is 191 Å². The van der Waals surface area contributed by atoms with Crippen molar-refractivity contribution in [3.63, 3.8) is 0 Å². The Kier molecular flexibility index (Phi) is 12.7. The first kappa shape index (κ1) is 25.1. The number of ether oxygens (including phenoxy) is 4. The lowest BCUT2D eigenvalue weighted by Crippen LogP contribution is -2.43. The zero-order valence-corrected chi connectivity index (χ0v) is 19.2. The molecular formula is C22H40N6O4. The molecule has 3 rings (SSSR count). The van der Waals surface area contributed by atoms with Crippen molar-refractivity contribution in [2.45, 2.75) is 0 Å². The summed E-state index contributed by atoms with van der Waals surface area (Å²) in [5.41, 5.74) is 2.33. The molecule has 2 aliphatic heterocycles. The first-order valence-corrected chi connectivity index (χ1v) is 11.7. The molecular weight excluding hydrogens is 412 g/mol. The Balaban J connectivity index is 1.56. The molecule has 2 aliphatic rings. The second kappa shape index (κ2) is 16.2. The molecule has 0 amide bonds. The van der Waals surface area contributed by atoms with Crippen molar-refractivity contribution in [1.82, 2.24) is 21.3 Å². The predicted octanol–water partition coefficient (Wildman–Crippen LogP) is -0.419. The van der Waals surface area contributed by atoms with Gasteiger partial charge < -0.3 is 28.7 Å². The number of nitrogens with zero attached hydrogens (tertiary/aromatic N) is 2. The Morgan fingerprint density at radius 1 is 0.438 bits per heavy atom. The van der Waals surface area contributed by atoms with Crippen LogP contribution < -0.4 is 31.1 Å². The third-order valence-corrected chi connectivity index (χ3v) is 5.23. The van der Waals surface area contributed by atoms with E-state index in [0.29, 0.717) is 52.9 Å². The van der Waals surface area contributed by atoms with Gasteiger partial charge in [-0.3, -0.25) is 21.3 Å². The van der Waals surface area contributed by atoms with Crippen LogP contribution in [0, 0.1) is 0 Å². The summed E-state index contributed by atoms with van der Waals surface area (Å²) in [5, 5.41) is 13.8. The lowest BCUT2D eigenvalue weighted by atomic mass is 10.2. The van der Waals surface area contributed by atoms with Crippen LogP contribution in [-0.4, -0.2) is 106 Å². The zero-order chi connectivity index (χ0) is 22.1. The third kappa shape index (κ3) is 9.97. The lowest BCUT2D eigenvalue weighted by Gasteiger charge is -2.28. The van der Waals surface area contributed by atoms with E-state index < -0.39 is 0 Å². The maximum atomic E-state index is 5.57. The molecule has 2 fully saturated rings. The van der Waals surface area contributed by atoms with Gasteiger partial charge in [0.1, 0.15) is 0 Å². The monoisotopic (exact) mass is 452 g/mol. The van der Waals surface area contributed by atoms with Crippen molar-refractivity contribution >= 4 is 11.4 Å². The van der Waals surface area contributed by atoms with Crippen LogP contribution in [0.25, 0.3) is 0 Å². The van der Waals surface area contributed by atoms with E-state index in [4.69, 9.17) is 18.9 Å². The van der Waals surface area contributed by atoms with Crippen LogP contribution in [-0.2, 0) is 18.9 Å². The van der Waals surface area contributed by atoms with E-state index in [2.05, 4.69) is 55.3 Å². The third-order valence-electron chi connectivity index (χ3n) is 5.23. The molecule has 2 heterocycles. The summed E-state index contributed by atoms with van der Waals surface area (Å²) < 4.78 is 22.3. The minimum atomic E-state index is 0.646. The summed E-state index contributed by atoms with van der Waals surface area (Å²) in [6.45, 7) is 11.6. The van der Waals surface area contributed by atoms with Crippen molar-refractivity contribution < 1.29 is 18.9 Å². The van der Waals surface area contributed by atoms with Crippen molar-refractivity contribution in [2.75, 3.05) is 116 Å². The fourth-order valence-electron chi connectivity index (χ4n) is 3.43. The molecule has 1 aromatic carbocycles. The number of hydrogen-bond acceptors (Lipinski definition) is 10.